The number of carbonyl (C=O) groups is 3. The zero-order valence-corrected chi connectivity index (χ0v) is 13.6. The van der Waals surface area contributed by atoms with Crippen molar-refractivity contribution in [2.75, 3.05) is 7.11 Å². The Morgan fingerprint density at radius 2 is 1.77 bits per heavy atom. The summed E-state index contributed by atoms with van der Waals surface area (Å²) in [7, 11) is 1.33. The number of aldehydes is 1. The molecule has 0 saturated carbocycles. The Morgan fingerprint density at radius 3 is 2.35 bits per heavy atom. The quantitative estimate of drug-likeness (QED) is 0.151. The third-order valence-electron chi connectivity index (χ3n) is 3.22. The van der Waals surface area contributed by atoms with Gasteiger partial charge in [-0.15, -0.1) is 0 Å². The highest BCUT2D eigenvalue weighted by Crippen LogP contribution is 2.26. The van der Waals surface area contributed by atoms with E-state index in [0.29, 0.717) is 5.56 Å². The Labute approximate surface area is 147 Å². The summed E-state index contributed by atoms with van der Waals surface area (Å²) in [6, 6.07) is 4.16. The predicted molar refractivity (Wildman–Crippen MR) is 84.9 cm³/mol. The fourth-order valence-corrected chi connectivity index (χ4v) is 1.76. The highest BCUT2D eigenvalue weighted by molar-refractivity contribution is 5.96. The van der Waals surface area contributed by atoms with Gasteiger partial charge in [0.1, 0.15) is 18.3 Å². The molecule has 0 radical (unpaired) electrons. The molecule has 0 saturated heterocycles. The maximum absolute atomic E-state index is 11.6. The minimum Gasteiger partial charge on any atom is -0.504 e. The molecule has 0 spiro atoms. The van der Waals surface area contributed by atoms with Gasteiger partial charge < -0.3 is 39.8 Å². The molecular formula is C16H18O10. The molecule has 1 rings (SSSR count). The number of aliphatic hydroxyl groups is 4. The Hall–Kier alpha value is -2.79. The van der Waals surface area contributed by atoms with Crippen LogP contribution >= 0.6 is 0 Å². The number of benzene rings is 1. The van der Waals surface area contributed by atoms with Crippen LogP contribution in [-0.4, -0.2) is 75.3 Å². The van der Waals surface area contributed by atoms with Crippen LogP contribution in [0.5, 0.6) is 11.5 Å². The normalized spacial score (nSPS) is 15.7. The Bertz CT molecular complexity index is 684. The smallest absolute Gasteiger partial charge is 0.345 e. The van der Waals surface area contributed by atoms with Gasteiger partial charge in [-0.1, -0.05) is 6.07 Å². The molecule has 0 bridgehead atoms. The van der Waals surface area contributed by atoms with Crippen LogP contribution in [0.3, 0.4) is 0 Å². The molecule has 142 valence electrons. The lowest BCUT2D eigenvalue weighted by Crippen LogP contribution is -2.48. The molecule has 1 aromatic rings. The molecule has 0 aromatic heterocycles. The summed E-state index contributed by atoms with van der Waals surface area (Å²) >= 11 is 0. The first-order valence-electron chi connectivity index (χ1n) is 7.19. The van der Waals surface area contributed by atoms with E-state index in [1.165, 1.54) is 31.4 Å². The average molecular weight is 370 g/mol. The van der Waals surface area contributed by atoms with Crippen molar-refractivity contribution in [1.82, 2.24) is 0 Å². The van der Waals surface area contributed by atoms with Crippen LogP contribution in [0.4, 0.5) is 0 Å². The SMILES string of the molecule is COc1cc(/C=C/C(=O)OC(=O)[C@@H](O)[C@H](O)[C@H](O)[C@@H](O)C=O)ccc1O. The maximum atomic E-state index is 11.6. The number of ether oxygens (including phenoxy) is 2. The Kier molecular flexibility index (Phi) is 7.87. The largest absolute Gasteiger partial charge is 0.504 e. The zero-order valence-electron chi connectivity index (χ0n) is 13.6. The van der Waals surface area contributed by atoms with Crippen molar-refractivity contribution in [3.8, 4) is 11.5 Å². The molecule has 5 N–H and O–H groups in total. The molecule has 0 amide bonds. The zero-order chi connectivity index (χ0) is 19.9. The molecule has 0 aliphatic heterocycles. The van der Waals surface area contributed by atoms with Crippen molar-refractivity contribution >= 4 is 24.3 Å². The Morgan fingerprint density at radius 1 is 1.12 bits per heavy atom. The van der Waals surface area contributed by atoms with Crippen LogP contribution in [0.2, 0.25) is 0 Å². The number of phenolic OH excluding ortho intramolecular Hbond substituents is 1. The van der Waals surface area contributed by atoms with Gasteiger partial charge in [-0.25, -0.2) is 9.59 Å². The van der Waals surface area contributed by atoms with E-state index in [4.69, 9.17) is 9.84 Å². The summed E-state index contributed by atoms with van der Waals surface area (Å²) in [4.78, 5) is 33.4. The highest BCUT2D eigenvalue weighted by Gasteiger charge is 2.35. The summed E-state index contributed by atoms with van der Waals surface area (Å²) in [6.45, 7) is 0. The van der Waals surface area contributed by atoms with Crippen LogP contribution in [0.25, 0.3) is 6.08 Å². The van der Waals surface area contributed by atoms with Gasteiger partial charge in [0.05, 0.1) is 7.11 Å². The van der Waals surface area contributed by atoms with Gasteiger partial charge in [-0.05, 0) is 23.8 Å². The Balaban J connectivity index is 2.69. The predicted octanol–water partition coefficient (Wildman–Crippen LogP) is -1.87. The number of phenols is 1. The van der Waals surface area contributed by atoms with Crippen LogP contribution < -0.4 is 4.74 Å². The van der Waals surface area contributed by atoms with Crippen molar-refractivity contribution in [2.24, 2.45) is 0 Å². The summed E-state index contributed by atoms with van der Waals surface area (Å²) in [5, 5.41) is 46.8. The monoisotopic (exact) mass is 370 g/mol. The van der Waals surface area contributed by atoms with E-state index < -0.39 is 36.4 Å². The second kappa shape index (κ2) is 9.63. The number of aliphatic hydroxyl groups excluding tert-OH is 4. The molecule has 0 aliphatic rings. The van der Waals surface area contributed by atoms with E-state index >= 15 is 0 Å². The standard InChI is InChI=1S/C16H18O10/c1-25-11-6-8(2-4-9(11)18)3-5-12(20)26-16(24)15(23)14(22)13(21)10(19)7-17/h2-7,10,13-15,18-19,21-23H,1H3/b5-3+/t10-,13+,14+,15-/m0/s1. The molecule has 10 nitrogen and oxygen atoms in total. The van der Waals surface area contributed by atoms with Gasteiger partial charge in [0, 0.05) is 6.08 Å². The third kappa shape index (κ3) is 5.63. The minimum atomic E-state index is -2.37. The number of carbonyl (C=O) groups excluding carboxylic acids is 3. The minimum absolute atomic E-state index is 0.105. The fraction of sp³-hybridized carbons (Fsp3) is 0.312. The number of methoxy groups -OCH3 is 1. The second-order valence-electron chi connectivity index (χ2n) is 5.06. The van der Waals surface area contributed by atoms with Crippen LogP contribution in [0, 0.1) is 0 Å². The van der Waals surface area contributed by atoms with Crippen LogP contribution in [0.15, 0.2) is 24.3 Å². The average Bonchev–Trinajstić information content (AvgIpc) is 2.64. The molecule has 0 unspecified atom stereocenters. The maximum Gasteiger partial charge on any atom is 0.345 e. The topological polar surface area (TPSA) is 171 Å². The fourth-order valence-electron chi connectivity index (χ4n) is 1.76. The summed E-state index contributed by atoms with van der Waals surface area (Å²) in [5.74, 6) is -2.75. The summed E-state index contributed by atoms with van der Waals surface area (Å²) in [5.41, 5.74) is 0.425. The van der Waals surface area contributed by atoms with Gasteiger partial charge in [0.15, 0.2) is 23.9 Å². The lowest BCUT2D eigenvalue weighted by atomic mass is 10.0. The van der Waals surface area contributed by atoms with E-state index in [9.17, 15) is 34.8 Å². The molecule has 0 heterocycles. The van der Waals surface area contributed by atoms with Crippen molar-refractivity contribution in [1.29, 1.82) is 0 Å². The van der Waals surface area contributed by atoms with Crippen molar-refractivity contribution in [3.63, 3.8) is 0 Å². The van der Waals surface area contributed by atoms with Crippen molar-refractivity contribution in [3.05, 3.63) is 29.8 Å². The molecule has 10 heteroatoms. The van der Waals surface area contributed by atoms with Gasteiger partial charge in [-0.3, -0.25) is 0 Å². The molecule has 0 aliphatic carbocycles. The van der Waals surface area contributed by atoms with Gasteiger partial charge >= 0.3 is 11.9 Å². The van der Waals surface area contributed by atoms with E-state index in [-0.39, 0.29) is 17.8 Å². The molecule has 1 aromatic carbocycles. The van der Waals surface area contributed by atoms with E-state index in [1.54, 1.807) is 0 Å². The molecule has 26 heavy (non-hydrogen) atoms. The van der Waals surface area contributed by atoms with E-state index in [0.717, 1.165) is 6.08 Å². The number of esters is 2. The first-order valence-corrected chi connectivity index (χ1v) is 7.19. The summed E-state index contributed by atoms with van der Waals surface area (Å²) < 4.78 is 9.14. The highest BCUT2D eigenvalue weighted by atomic mass is 16.6. The second-order valence-corrected chi connectivity index (χ2v) is 5.06. The number of aromatic hydroxyl groups is 1. The molecular weight excluding hydrogens is 352 g/mol. The van der Waals surface area contributed by atoms with Crippen LogP contribution in [-0.2, 0) is 19.1 Å². The van der Waals surface area contributed by atoms with Crippen LogP contribution in [0.1, 0.15) is 5.56 Å². The van der Waals surface area contributed by atoms with E-state index in [2.05, 4.69) is 4.74 Å². The first kappa shape index (κ1) is 21.3. The molecule has 0 fully saturated rings. The van der Waals surface area contributed by atoms with Gasteiger partial charge in [0.25, 0.3) is 0 Å². The number of hydrogen-bond acceptors (Lipinski definition) is 10. The number of rotatable bonds is 8. The molecule has 4 atom stereocenters. The van der Waals surface area contributed by atoms with Crippen molar-refractivity contribution < 1.29 is 49.4 Å². The summed E-state index contributed by atoms with van der Waals surface area (Å²) in [6.07, 6.45) is -6.85. The van der Waals surface area contributed by atoms with Crippen molar-refractivity contribution in [2.45, 2.75) is 24.4 Å². The first-order chi connectivity index (χ1) is 12.2. The lowest BCUT2D eigenvalue weighted by molar-refractivity contribution is -0.174. The van der Waals surface area contributed by atoms with E-state index in [1.807, 2.05) is 0 Å². The number of hydrogen-bond donors (Lipinski definition) is 5. The van der Waals surface area contributed by atoms with Gasteiger partial charge in [-0.2, -0.15) is 0 Å². The third-order valence-corrected chi connectivity index (χ3v) is 3.22. The lowest BCUT2D eigenvalue weighted by Gasteiger charge is -2.22. The van der Waals surface area contributed by atoms with Gasteiger partial charge in [0.2, 0.25) is 0 Å².